The fourth-order valence-electron chi connectivity index (χ4n) is 2.67. The molecule has 0 saturated carbocycles. The smallest absolute Gasteiger partial charge is 0.361 e. The lowest BCUT2D eigenvalue weighted by molar-refractivity contribution is 0.0520. The van der Waals surface area contributed by atoms with Crippen molar-refractivity contribution < 1.29 is 19.0 Å². The predicted molar refractivity (Wildman–Crippen MR) is 99.8 cm³/mol. The Kier molecular flexibility index (Phi) is 5.71. The number of aromatic amines is 1. The second-order valence-electron chi connectivity index (χ2n) is 5.88. The summed E-state index contributed by atoms with van der Waals surface area (Å²) in [4.78, 5) is 12.0. The zero-order valence-corrected chi connectivity index (χ0v) is 15.5. The number of hydrogen-bond donors (Lipinski definition) is 1. The van der Waals surface area contributed by atoms with E-state index >= 15 is 0 Å². The lowest BCUT2D eigenvalue weighted by atomic mass is 10.1. The maximum atomic E-state index is 12.0. The average molecular weight is 367 g/mol. The summed E-state index contributed by atoms with van der Waals surface area (Å²) in [6, 6.07) is 13.4. The third-order valence-electron chi connectivity index (χ3n) is 3.93. The van der Waals surface area contributed by atoms with Gasteiger partial charge in [-0.2, -0.15) is 10.3 Å². The minimum Gasteiger partial charge on any atom is -0.493 e. The van der Waals surface area contributed by atoms with Gasteiger partial charge in [0.15, 0.2) is 17.2 Å². The van der Waals surface area contributed by atoms with Gasteiger partial charge in [-0.25, -0.2) is 4.79 Å². The van der Waals surface area contributed by atoms with Gasteiger partial charge < -0.3 is 14.2 Å². The largest absolute Gasteiger partial charge is 0.493 e. The van der Waals surface area contributed by atoms with Gasteiger partial charge in [0.1, 0.15) is 12.3 Å². The van der Waals surface area contributed by atoms with Crippen LogP contribution in [-0.2, 0) is 11.3 Å². The van der Waals surface area contributed by atoms with Crippen LogP contribution < -0.4 is 9.47 Å². The summed E-state index contributed by atoms with van der Waals surface area (Å²) in [5.41, 5.74) is 3.42. The van der Waals surface area contributed by atoms with E-state index in [1.54, 1.807) is 32.2 Å². The fourth-order valence-corrected chi connectivity index (χ4v) is 2.67. The fraction of sp³-hybridized carbons (Fsp3) is 0.250. The molecule has 3 aromatic rings. The molecule has 1 heterocycles. The SMILES string of the molecule is CCOC(=O)c1n[nH]nc1-c1ccc(OC)c(OCc2cccc(C)c2)c1. The van der Waals surface area contributed by atoms with Crippen molar-refractivity contribution in [3.8, 4) is 22.8 Å². The number of nitrogens with zero attached hydrogens (tertiary/aromatic N) is 2. The van der Waals surface area contributed by atoms with Crippen molar-refractivity contribution in [3.05, 3.63) is 59.3 Å². The van der Waals surface area contributed by atoms with Crippen LogP contribution in [0.1, 0.15) is 28.5 Å². The van der Waals surface area contributed by atoms with E-state index in [4.69, 9.17) is 14.2 Å². The van der Waals surface area contributed by atoms with Crippen molar-refractivity contribution in [2.45, 2.75) is 20.5 Å². The van der Waals surface area contributed by atoms with Crippen LogP contribution in [0.4, 0.5) is 0 Å². The number of methoxy groups -OCH3 is 1. The molecule has 0 aliphatic heterocycles. The van der Waals surface area contributed by atoms with E-state index in [1.165, 1.54) is 5.56 Å². The quantitative estimate of drug-likeness (QED) is 0.643. The number of ether oxygens (including phenoxy) is 3. The summed E-state index contributed by atoms with van der Waals surface area (Å²) < 4.78 is 16.4. The Morgan fingerprint density at radius 2 is 1.96 bits per heavy atom. The zero-order chi connectivity index (χ0) is 19.2. The highest BCUT2D eigenvalue weighted by atomic mass is 16.5. The number of esters is 1. The van der Waals surface area contributed by atoms with Crippen LogP contribution in [0.15, 0.2) is 42.5 Å². The van der Waals surface area contributed by atoms with Gasteiger partial charge in [0, 0.05) is 5.56 Å². The van der Waals surface area contributed by atoms with Crippen LogP contribution in [0.3, 0.4) is 0 Å². The topological polar surface area (TPSA) is 86.3 Å². The number of carbonyl (C=O) groups excluding carboxylic acids is 1. The average Bonchev–Trinajstić information content (AvgIpc) is 3.16. The highest BCUT2D eigenvalue weighted by molar-refractivity contribution is 5.94. The first-order chi connectivity index (χ1) is 13.1. The van der Waals surface area contributed by atoms with Crippen LogP contribution in [0.25, 0.3) is 11.3 Å². The van der Waals surface area contributed by atoms with Gasteiger partial charge in [0.2, 0.25) is 0 Å². The lowest BCUT2D eigenvalue weighted by Crippen LogP contribution is -2.07. The molecule has 0 amide bonds. The minimum atomic E-state index is -0.528. The molecule has 0 fully saturated rings. The Morgan fingerprint density at radius 3 is 2.70 bits per heavy atom. The molecule has 0 aliphatic rings. The molecule has 7 nitrogen and oxygen atoms in total. The molecule has 7 heteroatoms. The van der Waals surface area contributed by atoms with Gasteiger partial charge in [-0.05, 0) is 37.6 Å². The van der Waals surface area contributed by atoms with Gasteiger partial charge >= 0.3 is 5.97 Å². The molecular formula is C20H21N3O4. The zero-order valence-electron chi connectivity index (χ0n) is 15.5. The van der Waals surface area contributed by atoms with E-state index < -0.39 is 5.97 Å². The molecule has 3 rings (SSSR count). The van der Waals surface area contributed by atoms with Crippen LogP contribution in [0.5, 0.6) is 11.5 Å². The number of carbonyl (C=O) groups is 1. The Morgan fingerprint density at radius 1 is 1.11 bits per heavy atom. The molecule has 0 unspecified atom stereocenters. The van der Waals surface area contributed by atoms with E-state index in [1.807, 2.05) is 25.1 Å². The monoisotopic (exact) mass is 367 g/mol. The molecule has 0 spiro atoms. The highest BCUT2D eigenvalue weighted by Gasteiger charge is 2.20. The molecule has 140 valence electrons. The first-order valence-electron chi connectivity index (χ1n) is 8.57. The Bertz CT molecular complexity index is 936. The van der Waals surface area contributed by atoms with E-state index in [0.29, 0.717) is 29.4 Å². The van der Waals surface area contributed by atoms with E-state index in [9.17, 15) is 4.79 Å². The lowest BCUT2D eigenvalue weighted by Gasteiger charge is -2.12. The number of rotatable bonds is 7. The summed E-state index contributed by atoms with van der Waals surface area (Å²) in [6.45, 7) is 4.43. The summed E-state index contributed by atoms with van der Waals surface area (Å²) in [6.07, 6.45) is 0. The van der Waals surface area contributed by atoms with Crippen molar-refractivity contribution in [2.24, 2.45) is 0 Å². The Hall–Kier alpha value is -3.35. The molecule has 0 saturated heterocycles. The summed E-state index contributed by atoms with van der Waals surface area (Å²) >= 11 is 0. The number of H-pyrrole nitrogens is 1. The van der Waals surface area contributed by atoms with E-state index in [2.05, 4.69) is 21.5 Å². The molecule has 0 radical (unpaired) electrons. The number of hydrogen-bond acceptors (Lipinski definition) is 6. The van der Waals surface area contributed by atoms with E-state index in [-0.39, 0.29) is 12.3 Å². The Balaban J connectivity index is 1.88. The van der Waals surface area contributed by atoms with Crippen molar-refractivity contribution in [1.29, 1.82) is 0 Å². The number of nitrogens with one attached hydrogen (secondary N) is 1. The van der Waals surface area contributed by atoms with Crippen molar-refractivity contribution in [2.75, 3.05) is 13.7 Å². The van der Waals surface area contributed by atoms with Crippen LogP contribution in [0, 0.1) is 6.92 Å². The molecular weight excluding hydrogens is 346 g/mol. The molecule has 27 heavy (non-hydrogen) atoms. The first kappa shape index (κ1) is 18.4. The van der Waals surface area contributed by atoms with Crippen molar-refractivity contribution in [1.82, 2.24) is 15.4 Å². The predicted octanol–water partition coefficient (Wildman–Crippen LogP) is 3.54. The van der Waals surface area contributed by atoms with Gasteiger partial charge in [0.25, 0.3) is 0 Å². The third kappa shape index (κ3) is 4.25. The number of aromatic nitrogens is 3. The number of benzene rings is 2. The third-order valence-corrected chi connectivity index (χ3v) is 3.93. The second-order valence-corrected chi connectivity index (χ2v) is 5.88. The van der Waals surface area contributed by atoms with Gasteiger partial charge in [0.05, 0.1) is 13.7 Å². The molecule has 2 aromatic carbocycles. The normalized spacial score (nSPS) is 10.5. The van der Waals surface area contributed by atoms with Gasteiger partial charge in [-0.3, -0.25) is 0 Å². The van der Waals surface area contributed by atoms with Gasteiger partial charge in [-0.15, -0.1) is 5.10 Å². The van der Waals surface area contributed by atoms with Crippen molar-refractivity contribution >= 4 is 5.97 Å². The maximum absolute atomic E-state index is 12.0. The highest BCUT2D eigenvalue weighted by Crippen LogP contribution is 2.33. The summed E-state index contributed by atoms with van der Waals surface area (Å²) in [7, 11) is 1.58. The first-order valence-corrected chi connectivity index (χ1v) is 8.57. The maximum Gasteiger partial charge on any atom is 0.361 e. The standard InChI is InChI=1S/C20H21N3O4/c1-4-26-20(24)19-18(21-23-22-19)15-8-9-16(25-3)17(11-15)27-12-14-7-5-6-13(2)10-14/h5-11H,4,12H2,1-3H3,(H,21,22,23). The van der Waals surface area contributed by atoms with Gasteiger partial charge in [-0.1, -0.05) is 29.8 Å². The van der Waals surface area contributed by atoms with E-state index in [0.717, 1.165) is 5.56 Å². The van der Waals surface area contributed by atoms with Crippen LogP contribution >= 0.6 is 0 Å². The summed E-state index contributed by atoms with van der Waals surface area (Å²) in [5, 5.41) is 10.5. The van der Waals surface area contributed by atoms with Crippen LogP contribution in [0.2, 0.25) is 0 Å². The molecule has 1 aromatic heterocycles. The Labute approximate surface area is 157 Å². The molecule has 0 bridgehead atoms. The molecule has 0 aliphatic carbocycles. The van der Waals surface area contributed by atoms with Crippen molar-refractivity contribution in [3.63, 3.8) is 0 Å². The molecule has 0 atom stereocenters. The van der Waals surface area contributed by atoms with Crippen LogP contribution in [-0.4, -0.2) is 35.1 Å². The minimum absolute atomic E-state index is 0.131. The molecule has 1 N–H and O–H groups in total. The summed E-state index contributed by atoms with van der Waals surface area (Å²) in [5.74, 6) is 0.612. The number of aryl methyl sites for hydroxylation is 1. The second kappa shape index (κ2) is 8.35.